The zero-order valence-corrected chi connectivity index (χ0v) is 21.9. The Morgan fingerprint density at radius 2 is 1.10 bits per heavy atom. The predicted molar refractivity (Wildman–Crippen MR) is 100 cm³/mol. The molecule has 0 radical (unpaired) electrons. The maximum Gasteiger partial charge on any atom is 1.00 e. The molecule has 0 bridgehead atoms. The van der Waals surface area contributed by atoms with Crippen molar-refractivity contribution in [3.8, 4) is 0 Å². The van der Waals surface area contributed by atoms with Crippen LogP contribution < -0.4 is 80.8 Å². The maximum absolute atomic E-state index is 10.2. The Labute approximate surface area is 220 Å². The molecule has 8 nitrogen and oxygen atoms in total. The van der Waals surface area contributed by atoms with Crippen LogP contribution in [0.15, 0.2) is 48.5 Å². The van der Waals surface area contributed by atoms with Gasteiger partial charge in [0.05, 0.1) is 11.9 Å². The molecule has 2 aromatic carbocycles. The molecule has 30 heavy (non-hydrogen) atoms. The van der Waals surface area contributed by atoms with Gasteiger partial charge < -0.3 is 41.5 Å². The summed E-state index contributed by atoms with van der Waals surface area (Å²) >= 11 is 0. The van der Waals surface area contributed by atoms with Crippen LogP contribution in [0.4, 0.5) is 0 Å². The molecule has 0 aromatic heterocycles. The minimum Gasteiger partial charge on any atom is -0.547 e. The van der Waals surface area contributed by atoms with Gasteiger partial charge in [-0.3, -0.25) is 0 Å². The fourth-order valence-corrected chi connectivity index (χ4v) is 1.95. The Bertz CT molecular complexity index is 698. The summed E-state index contributed by atoms with van der Waals surface area (Å²) in [4.78, 5) is 20.5. The molecule has 0 aliphatic rings. The van der Waals surface area contributed by atoms with Crippen LogP contribution in [0.1, 0.15) is 34.5 Å². The van der Waals surface area contributed by atoms with Crippen molar-refractivity contribution in [1.82, 2.24) is 0 Å². The zero-order chi connectivity index (χ0) is 21.7. The van der Waals surface area contributed by atoms with Crippen LogP contribution in [0.3, 0.4) is 0 Å². The molecule has 0 amide bonds. The topological polar surface area (TPSA) is 173 Å². The van der Waals surface area contributed by atoms with E-state index in [1.807, 2.05) is 26.0 Å². The van der Waals surface area contributed by atoms with E-state index >= 15 is 0 Å². The van der Waals surface area contributed by atoms with Crippen LogP contribution >= 0.6 is 0 Å². The molecule has 0 saturated heterocycles. The summed E-state index contributed by atoms with van der Waals surface area (Å²) in [6.07, 6.45) is -3.05. The quantitative estimate of drug-likeness (QED) is 0.335. The number of rotatable bonds is 5. The third kappa shape index (κ3) is 14.3. The summed E-state index contributed by atoms with van der Waals surface area (Å²) < 4.78 is 0. The van der Waals surface area contributed by atoms with Crippen molar-refractivity contribution in [1.29, 1.82) is 0 Å². The minimum absolute atomic E-state index is 0. The van der Waals surface area contributed by atoms with E-state index in [1.54, 1.807) is 36.4 Å². The molecular weight excluding hydrogens is 410 g/mol. The van der Waals surface area contributed by atoms with E-state index in [4.69, 9.17) is 21.7 Å². The fourth-order valence-electron chi connectivity index (χ4n) is 1.95. The number of benzene rings is 2. The Morgan fingerprint density at radius 3 is 1.30 bits per heavy atom. The molecule has 0 saturated carbocycles. The number of carbonyl (C=O) groups is 2. The van der Waals surface area contributed by atoms with Gasteiger partial charge in [0, 0.05) is 13.1 Å². The number of hydrogen-bond donors (Lipinski definition) is 4. The second-order valence-corrected chi connectivity index (χ2v) is 5.85. The van der Waals surface area contributed by atoms with E-state index in [2.05, 4.69) is 0 Å². The van der Waals surface area contributed by atoms with Crippen LogP contribution in [-0.4, -0.2) is 35.2 Å². The van der Waals surface area contributed by atoms with E-state index in [9.17, 15) is 19.8 Å². The van der Waals surface area contributed by atoms with E-state index in [0.717, 1.165) is 11.1 Å². The molecule has 2 atom stereocenters. The molecule has 154 valence electrons. The molecule has 2 unspecified atom stereocenters. The number of hydrogen-bond acceptors (Lipinski definition) is 8. The van der Waals surface area contributed by atoms with Gasteiger partial charge in [0.25, 0.3) is 0 Å². The largest absolute Gasteiger partial charge is 1.00 e. The number of aryl methyl sites for hydroxylation is 2. The van der Waals surface area contributed by atoms with Gasteiger partial charge in [0.2, 0.25) is 0 Å². The average molecular weight is 436 g/mol. The van der Waals surface area contributed by atoms with Gasteiger partial charge in [-0.25, -0.2) is 0 Å². The first-order chi connectivity index (χ1) is 13.1. The van der Waals surface area contributed by atoms with Gasteiger partial charge in [-0.1, -0.05) is 59.7 Å². The summed E-state index contributed by atoms with van der Waals surface area (Å²) in [6, 6.07) is 13.4. The van der Waals surface area contributed by atoms with Crippen molar-refractivity contribution in [3.63, 3.8) is 0 Å². The van der Waals surface area contributed by atoms with Crippen LogP contribution in [-0.2, 0) is 9.59 Å². The van der Waals surface area contributed by atoms with Gasteiger partial charge in [0.1, 0.15) is 12.2 Å². The van der Waals surface area contributed by atoms with E-state index in [1.165, 1.54) is 0 Å². The van der Waals surface area contributed by atoms with E-state index in [0.29, 0.717) is 24.2 Å². The van der Waals surface area contributed by atoms with Gasteiger partial charge >= 0.3 is 59.1 Å². The second kappa shape index (κ2) is 18.9. The van der Waals surface area contributed by atoms with Crippen LogP contribution in [0.25, 0.3) is 0 Å². The Morgan fingerprint density at radius 1 is 0.800 bits per heavy atom. The van der Waals surface area contributed by atoms with E-state index in [-0.39, 0.29) is 59.1 Å². The third-order valence-corrected chi connectivity index (χ3v) is 3.33. The van der Waals surface area contributed by atoms with E-state index < -0.39 is 24.1 Å². The monoisotopic (exact) mass is 436 g/mol. The van der Waals surface area contributed by atoms with Gasteiger partial charge in [-0.2, -0.15) is 0 Å². The maximum atomic E-state index is 10.2. The number of carbonyl (C=O) groups excluding carboxylic acids is 2. The van der Waals surface area contributed by atoms with Gasteiger partial charge in [-0.05, 0) is 25.0 Å². The summed E-state index contributed by atoms with van der Waals surface area (Å²) in [5.74, 6) is -2.94. The molecule has 10 heteroatoms. The summed E-state index contributed by atoms with van der Waals surface area (Å²) in [5, 5.41) is 38.6. The number of carboxylic acid groups (broad SMARTS) is 2. The van der Waals surface area contributed by atoms with Crippen molar-refractivity contribution >= 4 is 11.9 Å². The molecule has 0 aliphatic carbocycles. The van der Waals surface area contributed by atoms with Crippen molar-refractivity contribution in [2.24, 2.45) is 11.5 Å². The number of aliphatic hydroxyl groups is 2. The molecule has 2 rings (SSSR count). The van der Waals surface area contributed by atoms with Crippen molar-refractivity contribution in [2.75, 3.05) is 13.1 Å². The average Bonchev–Trinajstić information content (AvgIpc) is 2.67. The molecular formula is C20H26N2Na2O6. The molecule has 0 heterocycles. The molecule has 0 fully saturated rings. The second-order valence-electron chi connectivity index (χ2n) is 5.85. The molecule has 2 aromatic rings. The van der Waals surface area contributed by atoms with Crippen molar-refractivity contribution < 1.29 is 89.1 Å². The Hall–Kier alpha value is -0.780. The fraction of sp³-hybridized carbons (Fsp3) is 0.300. The van der Waals surface area contributed by atoms with Gasteiger partial charge in [-0.15, -0.1) is 0 Å². The SMILES string of the molecule is Cc1cccc(C(O)C(=O)[O-])c1.Cc1cccc(C(O)C(=O)[O-])c1.NCCN.[Na+].[Na+]. The van der Waals surface area contributed by atoms with Crippen LogP contribution in [0.5, 0.6) is 0 Å². The number of carboxylic acids is 2. The first kappa shape index (κ1) is 33.8. The summed E-state index contributed by atoms with van der Waals surface area (Å²) in [5.41, 5.74) is 12.3. The molecule has 6 N–H and O–H groups in total. The number of nitrogens with two attached hydrogens (primary N) is 2. The normalized spacial score (nSPS) is 11.0. The molecule has 0 aliphatic heterocycles. The smallest absolute Gasteiger partial charge is 0.547 e. The van der Waals surface area contributed by atoms with Gasteiger partial charge in [0.15, 0.2) is 0 Å². The number of aliphatic carboxylic acids is 2. The standard InChI is InChI=1S/2C9H10O3.C2H8N2.2Na/c2*1-6-3-2-4-7(5-6)8(10)9(11)12;3-1-2-4;;/h2*2-5,8,10H,1H3,(H,11,12);1-4H2;;/q;;;2*+1/p-2. The first-order valence-electron chi connectivity index (χ1n) is 8.45. The zero-order valence-electron chi connectivity index (χ0n) is 17.9. The first-order valence-corrected chi connectivity index (χ1v) is 8.45. The van der Waals surface area contributed by atoms with Crippen LogP contribution in [0.2, 0.25) is 0 Å². The number of aliphatic hydroxyl groups excluding tert-OH is 2. The third-order valence-electron chi connectivity index (χ3n) is 3.33. The molecule has 0 spiro atoms. The summed E-state index contributed by atoms with van der Waals surface area (Å²) in [6.45, 7) is 4.84. The van der Waals surface area contributed by atoms with Crippen LogP contribution in [0, 0.1) is 13.8 Å². The minimum atomic E-state index is -1.52. The van der Waals surface area contributed by atoms with Crippen molar-refractivity contribution in [3.05, 3.63) is 70.8 Å². The Balaban J connectivity index is -0.000000391. The summed E-state index contributed by atoms with van der Waals surface area (Å²) in [7, 11) is 0. The predicted octanol–water partition coefficient (Wildman–Crippen LogP) is -7.53. The Kier molecular flexibility index (Phi) is 21.4. The van der Waals surface area contributed by atoms with Crippen molar-refractivity contribution in [2.45, 2.75) is 26.1 Å².